The lowest BCUT2D eigenvalue weighted by Gasteiger charge is -2.09. The molecular weight excluding hydrogens is 238 g/mol. The molecule has 0 spiro atoms. The van der Waals surface area contributed by atoms with Crippen LogP contribution in [-0.2, 0) is 10.2 Å². The highest BCUT2D eigenvalue weighted by atomic mass is 35.5. The molecule has 0 aromatic carbocycles. The molecule has 0 aliphatic carbocycles. The van der Waals surface area contributed by atoms with Gasteiger partial charge in [0, 0.05) is 13.1 Å². The first kappa shape index (κ1) is 15.1. The van der Waals surface area contributed by atoms with Gasteiger partial charge in [-0.1, -0.05) is 6.92 Å². The van der Waals surface area contributed by atoms with Crippen molar-refractivity contribution in [1.29, 1.82) is 0 Å². The van der Waals surface area contributed by atoms with E-state index in [1.54, 1.807) is 6.92 Å². The Morgan fingerprint density at radius 3 is 2.67 bits per heavy atom. The molecule has 0 aromatic heterocycles. The topological polar surface area (TPSA) is 70.2 Å². The monoisotopic (exact) mass is 257 g/mol. The van der Waals surface area contributed by atoms with Crippen molar-refractivity contribution in [2.24, 2.45) is 5.92 Å². The van der Waals surface area contributed by atoms with Crippen molar-refractivity contribution < 1.29 is 8.42 Å². The predicted octanol–water partition coefficient (Wildman–Crippen LogP) is -0.148. The minimum atomic E-state index is -3.24. The second-order valence-corrected chi connectivity index (χ2v) is 5.13. The summed E-state index contributed by atoms with van der Waals surface area (Å²) in [6.07, 6.45) is 2.07. The van der Waals surface area contributed by atoms with E-state index >= 15 is 0 Å². The van der Waals surface area contributed by atoms with Crippen molar-refractivity contribution in [2.45, 2.75) is 19.8 Å². The molecule has 1 aliphatic rings. The van der Waals surface area contributed by atoms with Crippen LogP contribution in [-0.4, -0.2) is 34.6 Å². The predicted molar refractivity (Wildman–Crippen MR) is 63.4 cm³/mol. The average molecular weight is 258 g/mol. The molecule has 3 N–H and O–H groups in total. The average Bonchev–Trinajstić information content (AvgIpc) is 2.56. The maximum Gasteiger partial charge on any atom is 0.276 e. The molecular formula is C8H20ClN3O2S. The van der Waals surface area contributed by atoms with Gasteiger partial charge in [-0.25, -0.2) is 9.44 Å². The van der Waals surface area contributed by atoms with Gasteiger partial charge in [0.15, 0.2) is 0 Å². The van der Waals surface area contributed by atoms with E-state index < -0.39 is 10.2 Å². The largest absolute Gasteiger partial charge is 0.316 e. The van der Waals surface area contributed by atoms with Crippen LogP contribution in [0.4, 0.5) is 0 Å². The maximum atomic E-state index is 11.2. The highest BCUT2D eigenvalue weighted by molar-refractivity contribution is 7.87. The maximum absolute atomic E-state index is 11.2. The van der Waals surface area contributed by atoms with Gasteiger partial charge in [0.2, 0.25) is 0 Å². The zero-order valence-corrected chi connectivity index (χ0v) is 10.6. The summed E-state index contributed by atoms with van der Waals surface area (Å²) in [6.45, 7) is 4.80. The summed E-state index contributed by atoms with van der Waals surface area (Å²) >= 11 is 0. The number of hydrogen-bond donors (Lipinski definition) is 3. The van der Waals surface area contributed by atoms with Gasteiger partial charge in [0.1, 0.15) is 0 Å². The molecule has 1 atom stereocenters. The third-order valence-corrected chi connectivity index (χ3v) is 3.59. The molecule has 1 heterocycles. The van der Waals surface area contributed by atoms with Crippen molar-refractivity contribution in [3.05, 3.63) is 0 Å². The van der Waals surface area contributed by atoms with E-state index in [4.69, 9.17) is 0 Å². The molecule has 0 radical (unpaired) electrons. The quantitative estimate of drug-likeness (QED) is 0.620. The van der Waals surface area contributed by atoms with Gasteiger partial charge in [0.25, 0.3) is 10.2 Å². The van der Waals surface area contributed by atoms with E-state index in [0.717, 1.165) is 25.9 Å². The molecule has 15 heavy (non-hydrogen) atoms. The van der Waals surface area contributed by atoms with Crippen molar-refractivity contribution in [3.63, 3.8) is 0 Å². The minimum absolute atomic E-state index is 0. The van der Waals surface area contributed by atoms with Gasteiger partial charge in [-0.2, -0.15) is 8.42 Å². The third-order valence-electron chi connectivity index (χ3n) is 2.34. The number of nitrogens with one attached hydrogen (secondary N) is 3. The summed E-state index contributed by atoms with van der Waals surface area (Å²) in [4.78, 5) is 0. The first-order valence-corrected chi connectivity index (χ1v) is 6.57. The molecule has 7 heteroatoms. The van der Waals surface area contributed by atoms with Crippen molar-refractivity contribution in [2.75, 3.05) is 26.2 Å². The number of halogens is 1. The summed E-state index contributed by atoms with van der Waals surface area (Å²) in [6, 6.07) is 0. The zero-order chi connectivity index (χ0) is 10.4. The second-order valence-electron chi connectivity index (χ2n) is 3.54. The van der Waals surface area contributed by atoms with Gasteiger partial charge < -0.3 is 5.32 Å². The highest BCUT2D eigenvalue weighted by Gasteiger charge is 2.15. The molecule has 1 fully saturated rings. The molecule has 1 saturated heterocycles. The van der Waals surface area contributed by atoms with Crippen LogP contribution in [0.2, 0.25) is 0 Å². The molecule has 1 unspecified atom stereocenters. The first-order chi connectivity index (χ1) is 6.64. The van der Waals surface area contributed by atoms with Crippen LogP contribution in [0.5, 0.6) is 0 Å². The number of rotatable bonds is 6. The van der Waals surface area contributed by atoms with E-state index in [2.05, 4.69) is 14.8 Å². The summed E-state index contributed by atoms with van der Waals surface area (Å²) in [5, 5.41) is 3.25. The Labute approximate surface area is 98.0 Å². The second kappa shape index (κ2) is 7.40. The van der Waals surface area contributed by atoms with Crippen molar-refractivity contribution in [3.8, 4) is 0 Å². The van der Waals surface area contributed by atoms with Crippen LogP contribution >= 0.6 is 12.4 Å². The first-order valence-electron chi connectivity index (χ1n) is 5.09. The fourth-order valence-corrected chi connectivity index (χ4v) is 2.47. The van der Waals surface area contributed by atoms with Gasteiger partial charge >= 0.3 is 0 Å². The fraction of sp³-hybridized carbons (Fsp3) is 1.00. The Kier molecular flexibility index (Phi) is 7.46. The van der Waals surface area contributed by atoms with Crippen LogP contribution in [0.25, 0.3) is 0 Å². The Balaban J connectivity index is 0.00000196. The van der Waals surface area contributed by atoms with Gasteiger partial charge in [-0.05, 0) is 31.8 Å². The van der Waals surface area contributed by atoms with Crippen LogP contribution in [0.1, 0.15) is 19.8 Å². The lowest BCUT2D eigenvalue weighted by atomic mass is 10.1. The molecule has 0 amide bonds. The summed E-state index contributed by atoms with van der Waals surface area (Å²) < 4.78 is 27.2. The summed E-state index contributed by atoms with van der Waals surface area (Å²) in [5.74, 6) is 0.624. The summed E-state index contributed by atoms with van der Waals surface area (Å²) in [7, 11) is -3.24. The van der Waals surface area contributed by atoms with Crippen LogP contribution < -0.4 is 14.8 Å². The van der Waals surface area contributed by atoms with E-state index in [1.165, 1.54) is 0 Å². The molecule has 0 aromatic rings. The van der Waals surface area contributed by atoms with Gasteiger partial charge in [-0.15, -0.1) is 12.4 Å². The lowest BCUT2D eigenvalue weighted by molar-refractivity contribution is 0.515. The van der Waals surface area contributed by atoms with Crippen molar-refractivity contribution >= 4 is 22.6 Å². The standard InChI is InChI=1S/C8H19N3O2S.ClH/c1-2-10-14(12,13)11-6-4-8-3-5-9-7-8;/h8-11H,2-7H2,1H3;1H. The van der Waals surface area contributed by atoms with E-state index in [0.29, 0.717) is 19.0 Å². The Morgan fingerprint density at radius 1 is 1.40 bits per heavy atom. The SMILES string of the molecule is CCNS(=O)(=O)NCCC1CCNC1.Cl. The molecule has 5 nitrogen and oxygen atoms in total. The highest BCUT2D eigenvalue weighted by Crippen LogP contribution is 2.10. The van der Waals surface area contributed by atoms with E-state index in [9.17, 15) is 8.42 Å². The molecule has 0 bridgehead atoms. The minimum Gasteiger partial charge on any atom is -0.316 e. The third kappa shape index (κ3) is 6.32. The van der Waals surface area contributed by atoms with Crippen LogP contribution in [0.15, 0.2) is 0 Å². The number of hydrogen-bond acceptors (Lipinski definition) is 3. The summed E-state index contributed by atoms with van der Waals surface area (Å²) in [5.41, 5.74) is 0. The Bertz CT molecular complexity index is 253. The van der Waals surface area contributed by atoms with Gasteiger partial charge in [0.05, 0.1) is 0 Å². The molecule has 1 aliphatic heterocycles. The van der Waals surface area contributed by atoms with E-state index in [-0.39, 0.29) is 12.4 Å². The zero-order valence-electron chi connectivity index (χ0n) is 8.95. The molecule has 1 rings (SSSR count). The van der Waals surface area contributed by atoms with Crippen molar-refractivity contribution in [1.82, 2.24) is 14.8 Å². The Hall–Kier alpha value is 0.120. The van der Waals surface area contributed by atoms with Crippen LogP contribution in [0, 0.1) is 5.92 Å². The normalized spacial score (nSPS) is 21.3. The fourth-order valence-electron chi connectivity index (χ4n) is 1.60. The Morgan fingerprint density at radius 2 is 2.13 bits per heavy atom. The molecule has 92 valence electrons. The lowest BCUT2D eigenvalue weighted by Crippen LogP contribution is -2.37. The molecule has 0 saturated carbocycles. The van der Waals surface area contributed by atoms with E-state index in [1.807, 2.05) is 0 Å². The van der Waals surface area contributed by atoms with Crippen LogP contribution in [0.3, 0.4) is 0 Å². The smallest absolute Gasteiger partial charge is 0.276 e. The van der Waals surface area contributed by atoms with Gasteiger partial charge in [-0.3, -0.25) is 0 Å².